The summed E-state index contributed by atoms with van der Waals surface area (Å²) < 4.78 is 11.4. The second-order valence-corrected chi connectivity index (χ2v) is 8.39. The minimum absolute atomic E-state index is 0.968. The maximum Gasteiger partial charge on any atom is 0.0466 e. The lowest BCUT2D eigenvalue weighted by Crippen LogP contribution is -1.97. The normalized spacial score (nSPS) is 11.4. The molecule has 0 spiro atoms. The summed E-state index contributed by atoms with van der Waals surface area (Å²) >= 11 is 0. The van der Waals surface area contributed by atoms with Gasteiger partial charge >= 0.3 is 0 Å². The van der Waals surface area contributed by atoms with Gasteiger partial charge in [-0.15, -0.1) is 0 Å². The number of hydrogen-bond donors (Lipinski definition) is 0. The third-order valence-corrected chi connectivity index (χ3v) is 5.43. The summed E-state index contributed by atoms with van der Waals surface area (Å²) in [4.78, 5) is 0. The fourth-order valence-corrected chi connectivity index (χ4v) is 3.48. The minimum atomic E-state index is 0.968. The fourth-order valence-electron chi connectivity index (χ4n) is 3.48. The molecule has 0 aromatic carbocycles. The highest BCUT2D eigenvalue weighted by Gasteiger charge is 1.95. The lowest BCUT2D eigenvalue weighted by atomic mass is 10.1. The van der Waals surface area contributed by atoms with Gasteiger partial charge in [0.2, 0.25) is 0 Å². The molecule has 0 aromatic rings. The van der Waals surface area contributed by atoms with Gasteiger partial charge < -0.3 is 9.47 Å². The molecule has 0 unspecified atom stereocenters. The maximum atomic E-state index is 5.74. The van der Waals surface area contributed by atoms with E-state index in [0.29, 0.717) is 0 Å². The first-order valence-electron chi connectivity index (χ1n) is 12.9. The van der Waals surface area contributed by atoms with Crippen molar-refractivity contribution in [3.05, 3.63) is 6.42 Å². The molecule has 0 amide bonds. The van der Waals surface area contributed by atoms with Gasteiger partial charge in [0.25, 0.3) is 0 Å². The predicted octanol–water partition coefficient (Wildman–Crippen LogP) is 8.68. The van der Waals surface area contributed by atoms with E-state index in [1.165, 1.54) is 122 Å². The van der Waals surface area contributed by atoms with Crippen molar-refractivity contribution in [1.29, 1.82) is 0 Å². The summed E-state index contributed by atoms with van der Waals surface area (Å²) in [6.07, 6.45) is 27.7. The smallest absolute Gasteiger partial charge is 0.0466 e. The molecule has 0 aliphatic carbocycles. The van der Waals surface area contributed by atoms with Crippen LogP contribution in [0.2, 0.25) is 0 Å². The monoisotopic (exact) mass is 397 g/mol. The van der Waals surface area contributed by atoms with Crippen LogP contribution in [0, 0.1) is 6.42 Å². The van der Waals surface area contributed by atoms with Crippen molar-refractivity contribution < 1.29 is 9.47 Å². The van der Waals surface area contributed by atoms with Crippen LogP contribution in [0.3, 0.4) is 0 Å². The van der Waals surface area contributed by atoms with Crippen molar-refractivity contribution in [1.82, 2.24) is 0 Å². The highest BCUT2D eigenvalue weighted by atomic mass is 16.5. The highest BCUT2D eigenvalue weighted by molar-refractivity contribution is 4.64. The average molecular weight is 398 g/mol. The summed E-state index contributed by atoms with van der Waals surface area (Å²) in [6.45, 7) is 8.41. The quantitative estimate of drug-likeness (QED) is 0.143. The van der Waals surface area contributed by atoms with Gasteiger partial charge in [0.15, 0.2) is 0 Å². The Bertz CT molecular complexity index is 229. The molecule has 2 nitrogen and oxygen atoms in total. The van der Waals surface area contributed by atoms with Crippen LogP contribution in [0.1, 0.15) is 136 Å². The lowest BCUT2D eigenvalue weighted by molar-refractivity contribution is 0.125. The zero-order valence-electron chi connectivity index (χ0n) is 19.7. The Kier molecular flexibility index (Phi) is 26.8. The maximum absolute atomic E-state index is 5.74. The van der Waals surface area contributed by atoms with Crippen molar-refractivity contribution in [3.63, 3.8) is 0 Å². The summed E-state index contributed by atoms with van der Waals surface area (Å²) in [6, 6.07) is 0. The largest absolute Gasteiger partial charge is 0.381 e. The molecule has 0 saturated carbocycles. The van der Waals surface area contributed by atoms with Gasteiger partial charge in [0, 0.05) is 26.4 Å². The predicted molar refractivity (Wildman–Crippen MR) is 125 cm³/mol. The van der Waals surface area contributed by atoms with Crippen LogP contribution >= 0.6 is 0 Å². The van der Waals surface area contributed by atoms with Gasteiger partial charge in [-0.05, 0) is 32.1 Å². The number of hydrogen-bond acceptors (Lipinski definition) is 2. The van der Waals surface area contributed by atoms with Crippen LogP contribution < -0.4 is 0 Å². The van der Waals surface area contributed by atoms with Crippen LogP contribution in [0.5, 0.6) is 0 Å². The van der Waals surface area contributed by atoms with E-state index in [-0.39, 0.29) is 0 Å². The molecule has 0 aliphatic heterocycles. The van der Waals surface area contributed by atoms with Gasteiger partial charge in [-0.1, -0.05) is 110 Å². The fraction of sp³-hybridized carbons (Fsp3) is 0.962. The van der Waals surface area contributed by atoms with Crippen molar-refractivity contribution in [3.8, 4) is 0 Å². The van der Waals surface area contributed by atoms with Crippen molar-refractivity contribution in [2.75, 3.05) is 26.4 Å². The Balaban J connectivity index is 2.96. The number of unbranched alkanes of at least 4 members (excludes halogenated alkanes) is 17. The molecule has 0 N–H and O–H groups in total. The Morgan fingerprint density at radius 3 is 1.18 bits per heavy atom. The Labute approximate surface area is 178 Å². The summed E-state index contributed by atoms with van der Waals surface area (Å²) in [5.74, 6) is 0. The van der Waals surface area contributed by atoms with E-state index < -0.39 is 0 Å². The van der Waals surface area contributed by atoms with Gasteiger partial charge in [-0.25, -0.2) is 0 Å². The van der Waals surface area contributed by atoms with Crippen LogP contribution in [-0.2, 0) is 9.47 Å². The first kappa shape index (κ1) is 27.9. The minimum Gasteiger partial charge on any atom is -0.381 e. The third-order valence-electron chi connectivity index (χ3n) is 5.43. The molecule has 0 saturated heterocycles. The molecule has 0 aromatic heterocycles. The van der Waals surface area contributed by atoms with E-state index >= 15 is 0 Å². The Hall–Kier alpha value is -0.0800. The summed E-state index contributed by atoms with van der Waals surface area (Å²) in [5, 5.41) is 0. The second-order valence-electron chi connectivity index (χ2n) is 8.39. The second kappa shape index (κ2) is 26.9. The summed E-state index contributed by atoms with van der Waals surface area (Å²) in [7, 11) is 0. The Morgan fingerprint density at radius 2 is 0.714 bits per heavy atom. The lowest BCUT2D eigenvalue weighted by Gasteiger charge is -2.05. The van der Waals surface area contributed by atoms with Gasteiger partial charge in [0.05, 0.1) is 0 Å². The van der Waals surface area contributed by atoms with Crippen molar-refractivity contribution in [2.24, 2.45) is 0 Å². The zero-order chi connectivity index (χ0) is 20.4. The number of rotatable bonds is 25. The van der Waals surface area contributed by atoms with E-state index in [0.717, 1.165) is 26.4 Å². The Morgan fingerprint density at radius 1 is 0.393 bits per heavy atom. The summed E-state index contributed by atoms with van der Waals surface area (Å²) in [5.41, 5.74) is 0. The molecule has 2 heteroatoms. The number of ether oxygens (including phenoxy) is 2. The topological polar surface area (TPSA) is 18.5 Å². The van der Waals surface area contributed by atoms with E-state index in [1.54, 1.807) is 0 Å². The third kappa shape index (κ3) is 25.9. The molecule has 1 radical (unpaired) electrons. The van der Waals surface area contributed by atoms with E-state index in [1.807, 2.05) is 0 Å². The molecule has 0 rings (SSSR count). The molecular formula is C26H53O2. The molecule has 0 heterocycles. The van der Waals surface area contributed by atoms with Crippen LogP contribution in [0.4, 0.5) is 0 Å². The standard InChI is InChI=1S/C26H53O2/c1-3-5-7-9-16-20-24-28-26-22-18-15-13-11-10-12-14-17-21-25-27-23-19-8-6-4-2/h11H,3-10,12-26H2,1-2H3. The first-order chi connectivity index (χ1) is 13.9. The first-order valence-corrected chi connectivity index (χ1v) is 12.9. The molecule has 0 aliphatic rings. The molecule has 169 valence electrons. The van der Waals surface area contributed by atoms with E-state index in [2.05, 4.69) is 20.3 Å². The van der Waals surface area contributed by atoms with E-state index in [4.69, 9.17) is 9.47 Å². The van der Waals surface area contributed by atoms with Crippen LogP contribution in [-0.4, -0.2) is 26.4 Å². The molecule has 0 fully saturated rings. The van der Waals surface area contributed by atoms with Gasteiger partial charge in [0.1, 0.15) is 0 Å². The van der Waals surface area contributed by atoms with E-state index in [9.17, 15) is 0 Å². The highest BCUT2D eigenvalue weighted by Crippen LogP contribution is 2.10. The van der Waals surface area contributed by atoms with Crippen LogP contribution in [0.25, 0.3) is 0 Å². The van der Waals surface area contributed by atoms with Crippen molar-refractivity contribution in [2.45, 2.75) is 136 Å². The molecule has 0 bridgehead atoms. The van der Waals surface area contributed by atoms with Crippen molar-refractivity contribution >= 4 is 0 Å². The molecular weight excluding hydrogens is 344 g/mol. The average Bonchev–Trinajstić information content (AvgIpc) is 2.71. The SMILES string of the molecule is CCCCCCCCOCCCCC[CH]CCCCCCOCCCCCC. The van der Waals surface area contributed by atoms with Crippen LogP contribution in [0.15, 0.2) is 0 Å². The molecule has 0 atom stereocenters. The zero-order valence-corrected chi connectivity index (χ0v) is 19.7. The molecule has 28 heavy (non-hydrogen) atoms. The van der Waals surface area contributed by atoms with Gasteiger partial charge in [-0.2, -0.15) is 0 Å². The van der Waals surface area contributed by atoms with Gasteiger partial charge in [-0.3, -0.25) is 0 Å².